The van der Waals surface area contributed by atoms with Crippen LogP contribution in [-0.4, -0.2) is 13.1 Å². The van der Waals surface area contributed by atoms with E-state index in [0.717, 1.165) is 0 Å². The van der Waals surface area contributed by atoms with Gasteiger partial charge in [-0.05, 0) is 47.2 Å². The molecule has 2 nitrogen and oxygen atoms in total. The van der Waals surface area contributed by atoms with Crippen LogP contribution in [0.25, 0.3) is 0 Å². The Labute approximate surface area is 95.6 Å². The third-order valence-electron chi connectivity index (χ3n) is 2.00. The van der Waals surface area contributed by atoms with Crippen LogP contribution in [0.5, 0.6) is 0 Å². The highest BCUT2D eigenvalue weighted by Crippen LogP contribution is 2.20. The van der Waals surface area contributed by atoms with Crippen LogP contribution in [-0.2, 0) is 9.53 Å². The van der Waals surface area contributed by atoms with E-state index < -0.39 is 5.92 Å². The maximum absolute atomic E-state index is 13.1. The first-order valence-electron chi connectivity index (χ1n) is 4.09. The fourth-order valence-electron chi connectivity index (χ4n) is 1.09. The molecule has 0 amide bonds. The standard InChI is InChI=1S/C10H10FIO2/c1-6(10(13)14-2)7-3-4-9(12)8(11)5-7/h3-6H,1-2H3. The van der Waals surface area contributed by atoms with Crippen LogP contribution in [0, 0.1) is 9.39 Å². The molecule has 0 saturated heterocycles. The number of ether oxygens (including phenoxy) is 1. The van der Waals surface area contributed by atoms with Crippen molar-refractivity contribution in [2.75, 3.05) is 7.11 Å². The lowest BCUT2D eigenvalue weighted by atomic mass is 10.0. The van der Waals surface area contributed by atoms with Gasteiger partial charge in [0.05, 0.1) is 13.0 Å². The van der Waals surface area contributed by atoms with Crippen LogP contribution in [0.3, 0.4) is 0 Å². The molecule has 76 valence electrons. The van der Waals surface area contributed by atoms with Gasteiger partial charge in [0.2, 0.25) is 0 Å². The number of hydrogen-bond acceptors (Lipinski definition) is 2. The Morgan fingerprint density at radius 2 is 2.21 bits per heavy atom. The van der Waals surface area contributed by atoms with Gasteiger partial charge in [0, 0.05) is 3.57 Å². The van der Waals surface area contributed by atoms with Gasteiger partial charge in [-0.15, -0.1) is 0 Å². The largest absolute Gasteiger partial charge is 0.469 e. The molecule has 0 fully saturated rings. The predicted octanol–water partition coefficient (Wildman–Crippen LogP) is 2.71. The molecule has 0 saturated carbocycles. The summed E-state index contributed by atoms with van der Waals surface area (Å²) >= 11 is 1.90. The third-order valence-corrected chi connectivity index (χ3v) is 2.87. The van der Waals surface area contributed by atoms with Crippen molar-refractivity contribution in [3.63, 3.8) is 0 Å². The van der Waals surface area contributed by atoms with E-state index >= 15 is 0 Å². The van der Waals surface area contributed by atoms with Gasteiger partial charge in [-0.2, -0.15) is 0 Å². The lowest BCUT2D eigenvalue weighted by Gasteiger charge is -2.09. The molecule has 0 aromatic heterocycles. The van der Waals surface area contributed by atoms with Gasteiger partial charge < -0.3 is 4.74 Å². The Bertz CT molecular complexity index is 352. The van der Waals surface area contributed by atoms with Crippen LogP contribution in [0.15, 0.2) is 18.2 Å². The predicted molar refractivity (Wildman–Crippen MR) is 59.5 cm³/mol. The summed E-state index contributed by atoms with van der Waals surface area (Å²) in [4.78, 5) is 11.2. The van der Waals surface area contributed by atoms with E-state index in [1.165, 1.54) is 13.2 Å². The van der Waals surface area contributed by atoms with Gasteiger partial charge in [-0.1, -0.05) is 6.07 Å². The van der Waals surface area contributed by atoms with E-state index in [1.807, 2.05) is 22.6 Å². The van der Waals surface area contributed by atoms with E-state index in [9.17, 15) is 9.18 Å². The van der Waals surface area contributed by atoms with E-state index in [0.29, 0.717) is 9.13 Å². The zero-order valence-electron chi connectivity index (χ0n) is 7.88. The zero-order chi connectivity index (χ0) is 10.7. The smallest absolute Gasteiger partial charge is 0.312 e. The highest BCUT2D eigenvalue weighted by atomic mass is 127. The summed E-state index contributed by atoms with van der Waals surface area (Å²) in [5, 5.41) is 0. The quantitative estimate of drug-likeness (QED) is 0.620. The first kappa shape index (κ1) is 11.4. The van der Waals surface area contributed by atoms with Crippen LogP contribution in [0.1, 0.15) is 18.4 Å². The SMILES string of the molecule is COC(=O)C(C)c1ccc(I)c(F)c1. The molecule has 0 aliphatic carbocycles. The molecular weight excluding hydrogens is 298 g/mol. The number of carbonyl (C=O) groups is 1. The van der Waals surface area contributed by atoms with Gasteiger partial charge in [0.15, 0.2) is 0 Å². The van der Waals surface area contributed by atoms with E-state index in [-0.39, 0.29) is 11.8 Å². The maximum Gasteiger partial charge on any atom is 0.312 e. The molecule has 1 atom stereocenters. The second-order valence-electron chi connectivity index (χ2n) is 2.92. The van der Waals surface area contributed by atoms with Crippen molar-refractivity contribution < 1.29 is 13.9 Å². The molecule has 1 aromatic carbocycles. The molecule has 0 heterocycles. The zero-order valence-corrected chi connectivity index (χ0v) is 10.0. The fraction of sp³-hybridized carbons (Fsp3) is 0.300. The minimum Gasteiger partial charge on any atom is -0.469 e. The monoisotopic (exact) mass is 308 g/mol. The Kier molecular flexibility index (Phi) is 3.86. The highest BCUT2D eigenvalue weighted by molar-refractivity contribution is 14.1. The molecule has 1 rings (SSSR count). The van der Waals surface area contributed by atoms with Crippen molar-refractivity contribution in [1.82, 2.24) is 0 Å². The Morgan fingerprint density at radius 1 is 1.57 bits per heavy atom. The van der Waals surface area contributed by atoms with Crippen LogP contribution in [0.4, 0.5) is 4.39 Å². The van der Waals surface area contributed by atoms with Gasteiger partial charge in [0.1, 0.15) is 5.82 Å². The number of hydrogen-bond donors (Lipinski definition) is 0. The number of benzene rings is 1. The minimum atomic E-state index is -0.425. The number of carbonyl (C=O) groups excluding carboxylic acids is 1. The molecule has 0 aliphatic heterocycles. The Hall–Kier alpha value is -0.650. The second kappa shape index (κ2) is 4.72. The van der Waals surface area contributed by atoms with Crippen molar-refractivity contribution >= 4 is 28.6 Å². The summed E-state index contributed by atoms with van der Waals surface area (Å²) in [6.07, 6.45) is 0. The van der Waals surface area contributed by atoms with Crippen LogP contribution >= 0.6 is 22.6 Å². The van der Waals surface area contributed by atoms with Crippen molar-refractivity contribution in [1.29, 1.82) is 0 Å². The van der Waals surface area contributed by atoms with Gasteiger partial charge in [-0.3, -0.25) is 4.79 Å². The molecule has 0 aliphatic rings. The van der Waals surface area contributed by atoms with Crippen LogP contribution in [0.2, 0.25) is 0 Å². The normalized spacial score (nSPS) is 12.3. The third kappa shape index (κ3) is 2.43. The van der Waals surface area contributed by atoms with E-state index in [2.05, 4.69) is 4.74 Å². The molecule has 0 spiro atoms. The molecule has 14 heavy (non-hydrogen) atoms. The number of halogens is 2. The summed E-state index contributed by atoms with van der Waals surface area (Å²) in [7, 11) is 1.32. The number of rotatable bonds is 2. The summed E-state index contributed by atoms with van der Waals surface area (Å²) in [6.45, 7) is 1.69. The van der Waals surface area contributed by atoms with Gasteiger partial charge in [0.25, 0.3) is 0 Å². The molecule has 0 radical (unpaired) electrons. The Balaban J connectivity index is 2.96. The van der Waals surface area contributed by atoms with Gasteiger partial charge >= 0.3 is 5.97 Å². The molecule has 0 bridgehead atoms. The summed E-state index contributed by atoms with van der Waals surface area (Å²) in [5.41, 5.74) is 0.634. The second-order valence-corrected chi connectivity index (χ2v) is 4.08. The van der Waals surface area contributed by atoms with E-state index in [1.54, 1.807) is 19.1 Å². The van der Waals surface area contributed by atoms with E-state index in [4.69, 9.17) is 0 Å². The molecule has 1 unspecified atom stereocenters. The molecule has 0 N–H and O–H groups in total. The van der Waals surface area contributed by atoms with Crippen molar-refractivity contribution in [2.45, 2.75) is 12.8 Å². The maximum atomic E-state index is 13.1. The average molecular weight is 308 g/mol. The lowest BCUT2D eigenvalue weighted by Crippen LogP contribution is -2.11. The van der Waals surface area contributed by atoms with Crippen molar-refractivity contribution in [2.24, 2.45) is 0 Å². The number of esters is 1. The topological polar surface area (TPSA) is 26.3 Å². The molecular formula is C10H10FIO2. The molecule has 1 aromatic rings. The van der Waals surface area contributed by atoms with Gasteiger partial charge in [-0.25, -0.2) is 4.39 Å². The fourth-order valence-corrected chi connectivity index (χ4v) is 1.43. The summed E-state index contributed by atoms with van der Waals surface area (Å²) < 4.78 is 18.3. The number of methoxy groups -OCH3 is 1. The Morgan fingerprint density at radius 3 is 2.71 bits per heavy atom. The van der Waals surface area contributed by atoms with Crippen LogP contribution < -0.4 is 0 Å². The minimum absolute atomic E-state index is 0.307. The van der Waals surface area contributed by atoms with Crippen molar-refractivity contribution in [3.8, 4) is 0 Å². The highest BCUT2D eigenvalue weighted by Gasteiger charge is 2.16. The van der Waals surface area contributed by atoms with Crippen molar-refractivity contribution in [3.05, 3.63) is 33.1 Å². The summed E-state index contributed by atoms with van der Waals surface area (Å²) in [6, 6.07) is 4.74. The first-order valence-corrected chi connectivity index (χ1v) is 5.17. The molecule has 4 heteroatoms. The summed E-state index contributed by atoms with van der Waals surface area (Å²) in [5.74, 6) is -1.09. The average Bonchev–Trinajstić information content (AvgIpc) is 2.20. The first-order chi connectivity index (χ1) is 6.56. The lowest BCUT2D eigenvalue weighted by molar-refractivity contribution is -0.141.